The zero-order valence-corrected chi connectivity index (χ0v) is 10.4. The van der Waals surface area contributed by atoms with Gasteiger partial charge in [-0.1, -0.05) is 23.4 Å². The van der Waals surface area contributed by atoms with Crippen LogP contribution in [0.2, 0.25) is 0 Å². The Kier molecular flexibility index (Phi) is 3.01. The van der Waals surface area contributed by atoms with Crippen molar-refractivity contribution in [1.82, 2.24) is 5.16 Å². The quantitative estimate of drug-likeness (QED) is 0.532. The van der Waals surface area contributed by atoms with Crippen LogP contribution in [0.15, 0.2) is 53.1 Å². The Bertz CT molecular complexity index is 788. The van der Waals surface area contributed by atoms with Crippen molar-refractivity contribution in [2.24, 2.45) is 0 Å². The fraction of sp³-hybridized carbons (Fsp3) is 0. The number of aromatic nitrogens is 1. The third-order valence-corrected chi connectivity index (χ3v) is 2.94. The van der Waals surface area contributed by atoms with E-state index in [1.54, 1.807) is 18.2 Å². The highest BCUT2D eigenvalue weighted by molar-refractivity contribution is 5.88. The van der Waals surface area contributed by atoms with Crippen LogP contribution in [0.5, 0.6) is 0 Å². The lowest BCUT2D eigenvalue weighted by Gasteiger charge is -1.93. The summed E-state index contributed by atoms with van der Waals surface area (Å²) < 4.78 is 5.25. The van der Waals surface area contributed by atoms with Crippen molar-refractivity contribution in [2.75, 3.05) is 0 Å². The molecular weight excluding hydrogens is 256 g/mol. The highest BCUT2D eigenvalue weighted by Crippen LogP contribution is 2.20. The van der Waals surface area contributed by atoms with E-state index in [1.807, 2.05) is 30.3 Å². The van der Waals surface area contributed by atoms with E-state index in [0.717, 1.165) is 16.5 Å². The van der Waals surface area contributed by atoms with Crippen molar-refractivity contribution >= 4 is 28.7 Å². The molecule has 5 heteroatoms. The second-order valence-corrected chi connectivity index (χ2v) is 4.25. The molecule has 20 heavy (non-hydrogen) atoms. The molecule has 98 valence electrons. The predicted molar refractivity (Wildman–Crippen MR) is 76.0 cm³/mol. The molecule has 1 aromatic heterocycles. The second-order valence-electron chi connectivity index (χ2n) is 4.25. The molecule has 0 saturated heterocycles. The van der Waals surface area contributed by atoms with Crippen LogP contribution in [0.4, 0.5) is 5.69 Å². The summed E-state index contributed by atoms with van der Waals surface area (Å²) in [6, 6.07) is 13.9. The molecule has 3 rings (SSSR count). The summed E-state index contributed by atoms with van der Waals surface area (Å²) in [5.41, 5.74) is 1.74. The second kappa shape index (κ2) is 4.97. The lowest BCUT2D eigenvalue weighted by Crippen LogP contribution is -1.86. The number of hydrogen-bond acceptors (Lipinski definition) is 4. The smallest absolute Gasteiger partial charge is 0.269 e. The number of non-ortho nitro benzene ring substituents is 1. The minimum atomic E-state index is -0.419. The zero-order valence-electron chi connectivity index (χ0n) is 10.4. The molecule has 0 aliphatic rings. The maximum absolute atomic E-state index is 10.6. The van der Waals surface area contributed by atoms with Gasteiger partial charge in [0.15, 0.2) is 5.76 Å². The fourth-order valence-electron chi connectivity index (χ4n) is 1.91. The number of benzene rings is 2. The largest absolute Gasteiger partial charge is 0.356 e. The molecule has 1 heterocycles. The first-order valence-corrected chi connectivity index (χ1v) is 6.01. The Morgan fingerprint density at radius 3 is 2.55 bits per heavy atom. The van der Waals surface area contributed by atoms with E-state index in [2.05, 4.69) is 5.16 Å². The van der Waals surface area contributed by atoms with Gasteiger partial charge in [0.25, 0.3) is 5.69 Å². The number of nitrogens with zero attached hydrogens (tertiary/aromatic N) is 2. The third-order valence-electron chi connectivity index (χ3n) is 2.94. The van der Waals surface area contributed by atoms with Gasteiger partial charge in [-0.3, -0.25) is 10.1 Å². The Hall–Kier alpha value is -2.95. The molecule has 0 fully saturated rings. The Balaban J connectivity index is 1.88. The fourth-order valence-corrected chi connectivity index (χ4v) is 1.91. The van der Waals surface area contributed by atoms with Gasteiger partial charge >= 0.3 is 0 Å². The maximum Gasteiger partial charge on any atom is 0.269 e. The molecule has 0 radical (unpaired) electrons. The monoisotopic (exact) mass is 266 g/mol. The van der Waals surface area contributed by atoms with E-state index < -0.39 is 4.92 Å². The highest BCUT2D eigenvalue weighted by atomic mass is 16.6. The summed E-state index contributed by atoms with van der Waals surface area (Å²) in [6.45, 7) is 0. The Labute approximate surface area is 114 Å². The van der Waals surface area contributed by atoms with Crippen molar-refractivity contribution in [2.45, 2.75) is 0 Å². The standard InChI is InChI=1S/C15H10N2O3/c18-17(19)12-8-5-11(6-9-12)7-10-15-13-3-1-2-4-14(13)16-20-15/h1-10H/b10-7+. The summed E-state index contributed by atoms with van der Waals surface area (Å²) >= 11 is 0. The number of nitro groups is 1. The van der Waals surface area contributed by atoms with Crippen LogP contribution < -0.4 is 0 Å². The van der Waals surface area contributed by atoms with Crippen LogP contribution in [0.3, 0.4) is 0 Å². The van der Waals surface area contributed by atoms with Crippen molar-refractivity contribution in [3.63, 3.8) is 0 Å². The van der Waals surface area contributed by atoms with Crippen molar-refractivity contribution < 1.29 is 9.45 Å². The minimum Gasteiger partial charge on any atom is -0.356 e. The van der Waals surface area contributed by atoms with Gasteiger partial charge < -0.3 is 4.52 Å². The summed E-state index contributed by atoms with van der Waals surface area (Å²) in [6.07, 6.45) is 3.63. The summed E-state index contributed by atoms with van der Waals surface area (Å²) in [5.74, 6) is 0.666. The van der Waals surface area contributed by atoms with Gasteiger partial charge in [0.05, 0.1) is 4.92 Å². The summed E-state index contributed by atoms with van der Waals surface area (Å²) in [4.78, 5) is 10.1. The van der Waals surface area contributed by atoms with Crippen LogP contribution in [-0.2, 0) is 0 Å². The molecule has 0 atom stereocenters. The van der Waals surface area contributed by atoms with E-state index >= 15 is 0 Å². The van der Waals surface area contributed by atoms with Gasteiger partial charge in [-0.15, -0.1) is 0 Å². The number of rotatable bonds is 3. The zero-order chi connectivity index (χ0) is 13.9. The molecule has 2 aromatic carbocycles. The van der Waals surface area contributed by atoms with Crippen molar-refractivity contribution in [3.8, 4) is 0 Å². The van der Waals surface area contributed by atoms with E-state index in [0.29, 0.717) is 5.76 Å². The molecule has 0 aliphatic carbocycles. The first kappa shape index (κ1) is 12.1. The maximum atomic E-state index is 10.6. The molecule has 0 N–H and O–H groups in total. The van der Waals surface area contributed by atoms with Gasteiger partial charge in [-0.2, -0.15) is 0 Å². The van der Waals surface area contributed by atoms with E-state index in [4.69, 9.17) is 4.52 Å². The SMILES string of the molecule is O=[N+]([O-])c1ccc(/C=C/c2onc3ccccc23)cc1. The average Bonchev–Trinajstić information content (AvgIpc) is 2.89. The van der Waals surface area contributed by atoms with Gasteiger partial charge in [0.2, 0.25) is 0 Å². The van der Waals surface area contributed by atoms with Crippen LogP contribution in [-0.4, -0.2) is 10.1 Å². The summed E-state index contributed by atoms with van der Waals surface area (Å²) in [5, 5.41) is 15.5. The van der Waals surface area contributed by atoms with E-state index in [9.17, 15) is 10.1 Å². The lowest BCUT2D eigenvalue weighted by molar-refractivity contribution is -0.384. The molecule has 0 unspecified atom stereocenters. The molecule has 0 saturated carbocycles. The van der Waals surface area contributed by atoms with E-state index in [1.165, 1.54) is 12.1 Å². The van der Waals surface area contributed by atoms with Crippen LogP contribution in [0.25, 0.3) is 23.1 Å². The van der Waals surface area contributed by atoms with Crippen LogP contribution in [0, 0.1) is 10.1 Å². The van der Waals surface area contributed by atoms with Crippen molar-refractivity contribution in [1.29, 1.82) is 0 Å². The molecule has 0 aliphatic heterocycles. The van der Waals surface area contributed by atoms with Crippen LogP contribution in [0.1, 0.15) is 11.3 Å². The minimum absolute atomic E-state index is 0.0762. The number of hydrogen-bond donors (Lipinski definition) is 0. The van der Waals surface area contributed by atoms with Crippen LogP contribution >= 0.6 is 0 Å². The molecule has 3 aromatic rings. The number of nitro benzene ring substituents is 1. The molecule has 0 amide bonds. The van der Waals surface area contributed by atoms with Gasteiger partial charge in [-0.05, 0) is 35.9 Å². The average molecular weight is 266 g/mol. The number of fused-ring (bicyclic) bond motifs is 1. The highest BCUT2D eigenvalue weighted by Gasteiger charge is 2.05. The predicted octanol–water partition coefficient (Wildman–Crippen LogP) is 3.91. The first-order chi connectivity index (χ1) is 9.74. The molecular formula is C15H10N2O3. The topological polar surface area (TPSA) is 69.2 Å². The van der Waals surface area contributed by atoms with Gasteiger partial charge in [-0.25, -0.2) is 0 Å². The van der Waals surface area contributed by atoms with E-state index in [-0.39, 0.29) is 5.69 Å². The molecule has 0 spiro atoms. The molecule has 0 bridgehead atoms. The van der Waals surface area contributed by atoms with Gasteiger partial charge in [0, 0.05) is 17.5 Å². The van der Waals surface area contributed by atoms with Crippen molar-refractivity contribution in [3.05, 3.63) is 70.0 Å². The Morgan fingerprint density at radius 2 is 1.80 bits per heavy atom. The molecule has 5 nitrogen and oxygen atoms in total. The first-order valence-electron chi connectivity index (χ1n) is 6.01. The normalized spacial score (nSPS) is 11.2. The lowest BCUT2D eigenvalue weighted by atomic mass is 10.1. The Morgan fingerprint density at radius 1 is 1.05 bits per heavy atom. The van der Waals surface area contributed by atoms with Gasteiger partial charge in [0.1, 0.15) is 5.52 Å². The summed E-state index contributed by atoms with van der Waals surface area (Å²) in [7, 11) is 0. The third kappa shape index (κ3) is 2.29.